The van der Waals surface area contributed by atoms with Crippen molar-refractivity contribution in [3.63, 3.8) is 0 Å². The van der Waals surface area contributed by atoms with Gasteiger partial charge in [0, 0.05) is 18.0 Å². The van der Waals surface area contributed by atoms with Crippen molar-refractivity contribution < 1.29 is 14.3 Å². The van der Waals surface area contributed by atoms with Crippen molar-refractivity contribution in [2.75, 3.05) is 7.11 Å². The van der Waals surface area contributed by atoms with Crippen molar-refractivity contribution in [2.45, 2.75) is 46.6 Å². The lowest BCUT2D eigenvalue weighted by molar-refractivity contribution is -0.127. The van der Waals surface area contributed by atoms with Gasteiger partial charge in [0.2, 0.25) is 0 Å². The maximum atomic E-state index is 12.9. The Morgan fingerprint density at radius 2 is 1.83 bits per heavy atom. The minimum atomic E-state index is -0.602. The summed E-state index contributed by atoms with van der Waals surface area (Å²) >= 11 is 2.06. The van der Waals surface area contributed by atoms with Crippen molar-refractivity contribution in [1.29, 1.82) is 0 Å². The van der Waals surface area contributed by atoms with Gasteiger partial charge in [-0.3, -0.25) is 4.79 Å². The molecule has 0 saturated heterocycles. The fraction of sp³-hybridized carbons (Fsp3) is 0.688. The Labute approximate surface area is 152 Å². The summed E-state index contributed by atoms with van der Waals surface area (Å²) in [5.41, 5.74) is 6.06. The molecule has 23 heavy (non-hydrogen) atoms. The molecule has 2 unspecified atom stereocenters. The lowest BCUT2D eigenvalue weighted by atomic mass is 9.79. The van der Waals surface area contributed by atoms with Gasteiger partial charge in [-0.1, -0.05) is 50.3 Å². The molecule has 1 amide bonds. The topological polar surface area (TPSA) is 93.8 Å². The first kappa shape index (κ1) is 21.9. The fourth-order valence-corrected chi connectivity index (χ4v) is 2.74. The van der Waals surface area contributed by atoms with Crippen LogP contribution in [0.5, 0.6) is 0 Å². The number of rotatable bonds is 9. The van der Waals surface area contributed by atoms with Crippen LogP contribution in [0.2, 0.25) is 0 Å². The van der Waals surface area contributed by atoms with E-state index in [1.54, 1.807) is 10.3 Å². The smallest absolute Gasteiger partial charge is 0.407 e. The molecule has 0 radical (unpaired) electrons. The Hall–Kier alpha value is -1.12. The zero-order valence-corrected chi connectivity index (χ0v) is 16.7. The Bertz CT molecular complexity index is 450. The van der Waals surface area contributed by atoms with Gasteiger partial charge in [0.1, 0.15) is 5.84 Å². The van der Waals surface area contributed by atoms with Crippen molar-refractivity contribution in [3.8, 4) is 0 Å². The van der Waals surface area contributed by atoms with Gasteiger partial charge >= 0.3 is 6.09 Å². The summed E-state index contributed by atoms with van der Waals surface area (Å²) in [6, 6.07) is -0.602. The van der Waals surface area contributed by atoms with Crippen LogP contribution in [-0.4, -0.2) is 30.9 Å². The average molecular weight is 437 g/mol. The van der Waals surface area contributed by atoms with Gasteiger partial charge in [-0.25, -0.2) is 9.79 Å². The molecule has 0 aromatic heterocycles. The summed E-state index contributed by atoms with van der Waals surface area (Å²) in [6.07, 6.45) is 2.35. The van der Waals surface area contributed by atoms with Gasteiger partial charge in [-0.15, -0.1) is 0 Å². The van der Waals surface area contributed by atoms with Crippen LogP contribution in [0.25, 0.3) is 0 Å². The van der Waals surface area contributed by atoms with Crippen LogP contribution in [0.15, 0.2) is 15.3 Å². The maximum absolute atomic E-state index is 12.9. The predicted molar refractivity (Wildman–Crippen MR) is 102 cm³/mol. The van der Waals surface area contributed by atoms with Crippen molar-refractivity contribution >= 4 is 40.3 Å². The molecule has 0 aliphatic rings. The molecule has 7 heteroatoms. The molecule has 0 saturated carbocycles. The highest BCUT2D eigenvalue weighted by Crippen LogP contribution is 2.24. The molecular formula is C16H28IN3O3. The van der Waals surface area contributed by atoms with Gasteiger partial charge in [-0.05, 0) is 22.8 Å². The number of carbonyl (C=O) groups excluding carboxylic acids is 2. The van der Waals surface area contributed by atoms with E-state index in [4.69, 9.17) is 5.73 Å². The minimum absolute atomic E-state index is 0.0312. The fourth-order valence-electron chi connectivity index (χ4n) is 2.58. The number of amides is 1. The van der Waals surface area contributed by atoms with E-state index in [0.29, 0.717) is 18.7 Å². The Kier molecular flexibility index (Phi) is 10.9. The second kappa shape index (κ2) is 11.4. The predicted octanol–water partition coefficient (Wildman–Crippen LogP) is 3.25. The molecule has 0 spiro atoms. The number of nitrogens with one attached hydrogen (secondary N) is 1. The Morgan fingerprint density at radius 3 is 2.22 bits per heavy atom. The van der Waals surface area contributed by atoms with Crippen LogP contribution in [0.4, 0.5) is 4.79 Å². The van der Waals surface area contributed by atoms with E-state index < -0.39 is 12.1 Å². The summed E-state index contributed by atoms with van der Waals surface area (Å²) in [5.74, 6) is -0.0742. The highest BCUT2D eigenvalue weighted by Gasteiger charge is 2.35. The van der Waals surface area contributed by atoms with Crippen LogP contribution in [0.3, 0.4) is 0 Å². The number of alkyl carbamates (subject to hydrolysis) is 1. The van der Waals surface area contributed by atoms with Crippen LogP contribution in [0.1, 0.15) is 40.5 Å². The molecule has 6 nitrogen and oxygen atoms in total. The molecular weight excluding hydrogens is 409 g/mol. The number of aliphatic imine (C=N–C) groups is 1. The van der Waals surface area contributed by atoms with Crippen LogP contribution in [0, 0.1) is 17.8 Å². The monoisotopic (exact) mass is 437 g/mol. The van der Waals surface area contributed by atoms with E-state index in [-0.39, 0.29) is 23.5 Å². The zero-order valence-electron chi connectivity index (χ0n) is 14.5. The molecule has 0 rings (SSSR count). The number of hydrogen-bond acceptors (Lipinski definition) is 4. The summed E-state index contributed by atoms with van der Waals surface area (Å²) in [7, 11) is 1.28. The number of halogens is 1. The number of nitrogens with zero attached hydrogens (tertiary/aromatic N) is 1. The number of Topliss-reactive ketones (excluding diaryl/α,β-unsaturated/α-hetero) is 1. The SMILES string of the molecule is CCC(C(=O)[C@@H](NC(=O)OC)C(C)C)C(CC)C(N)=N/C=C/I. The molecule has 0 bridgehead atoms. The summed E-state index contributed by atoms with van der Waals surface area (Å²) in [4.78, 5) is 28.6. The molecule has 0 fully saturated rings. The van der Waals surface area contributed by atoms with Crippen LogP contribution < -0.4 is 11.1 Å². The third kappa shape index (κ3) is 6.88. The van der Waals surface area contributed by atoms with E-state index in [1.807, 2.05) is 27.7 Å². The summed E-state index contributed by atoms with van der Waals surface area (Å²) < 4.78 is 6.38. The van der Waals surface area contributed by atoms with Gasteiger partial charge in [0.15, 0.2) is 5.78 Å². The average Bonchev–Trinajstić information content (AvgIpc) is 2.53. The summed E-state index contributed by atoms with van der Waals surface area (Å²) in [6.45, 7) is 7.71. The number of methoxy groups -OCH3 is 1. The second-order valence-corrected chi connectivity index (χ2v) is 6.34. The molecule has 132 valence electrons. The Balaban J connectivity index is 5.43. The lowest BCUT2D eigenvalue weighted by Gasteiger charge is -2.29. The first-order valence-corrected chi connectivity index (χ1v) is 9.05. The number of amidine groups is 1. The van der Waals surface area contributed by atoms with Crippen LogP contribution >= 0.6 is 22.6 Å². The standard InChI is InChI=1S/C16H28IN3O3/c1-6-11(12(7-2)15(18)19-9-8-17)14(21)13(10(3)4)20-16(22)23-5/h8-13H,6-7H2,1-5H3,(H2,18,19)(H,20,22)/b9-8+/t11?,12?,13-/m0/s1. The maximum Gasteiger partial charge on any atom is 0.407 e. The van der Waals surface area contributed by atoms with Gasteiger partial charge in [0.25, 0.3) is 0 Å². The molecule has 0 aromatic rings. The first-order valence-electron chi connectivity index (χ1n) is 7.80. The molecule has 3 atom stereocenters. The highest BCUT2D eigenvalue weighted by atomic mass is 127. The first-order chi connectivity index (χ1) is 10.8. The molecule has 0 aliphatic carbocycles. The minimum Gasteiger partial charge on any atom is -0.453 e. The highest BCUT2D eigenvalue weighted by molar-refractivity contribution is 14.1. The quantitative estimate of drug-likeness (QED) is 0.329. The number of ether oxygens (including phenoxy) is 1. The molecule has 0 heterocycles. The second-order valence-electron chi connectivity index (χ2n) is 5.62. The molecule has 3 N–H and O–H groups in total. The summed E-state index contributed by atoms with van der Waals surface area (Å²) in [5, 5.41) is 2.64. The van der Waals surface area contributed by atoms with E-state index in [0.717, 1.165) is 0 Å². The zero-order chi connectivity index (χ0) is 18.0. The van der Waals surface area contributed by atoms with Crippen LogP contribution in [-0.2, 0) is 9.53 Å². The van der Waals surface area contributed by atoms with Crippen molar-refractivity contribution in [1.82, 2.24) is 5.32 Å². The largest absolute Gasteiger partial charge is 0.453 e. The third-order valence-electron chi connectivity index (χ3n) is 3.82. The number of ketones is 1. The van der Waals surface area contributed by atoms with Crippen molar-refractivity contribution in [2.24, 2.45) is 28.5 Å². The van der Waals surface area contributed by atoms with E-state index >= 15 is 0 Å². The van der Waals surface area contributed by atoms with Gasteiger partial charge < -0.3 is 15.8 Å². The number of nitrogens with two attached hydrogens (primary N) is 1. The lowest BCUT2D eigenvalue weighted by Crippen LogP contribution is -2.49. The van der Waals surface area contributed by atoms with E-state index in [2.05, 4.69) is 37.6 Å². The Morgan fingerprint density at radius 1 is 1.26 bits per heavy atom. The van der Waals surface area contributed by atoms with Gasteiger partial charge in [0.05, 0.1) is 13.2 Å². The third-order valence-corrected chi connectivity index (χ3v) is 4.14. The van der Waals surface area contributed by atoms with Gasteiger partial charge in [-0.2, -0.15) is 0 Å². The number of carbonyl (C=O) groups is 2. The van der Waals surface area contributed by atoms with E-state index in [9.17, 15) is 9.59 Å². The van der Waals surface area contributed by atoms with E-state index in [1.165, 1.54) is 7.11 Å². The molecule has 0 aliphatic heterocycles. The normalized spacial score (nSPS) is 16.2. The van der Waals surface area contributed by atoms with Crippen molar-refractivity contribution in [3.05, 3.63) is 10.3 Å². The number of hydrogen-bond donors (Lipinski definition) is 2. The molecule has 0 aromatic carbocycles.